The fraction of sp³-hybridized carbons (Fsp3) is 0.278. The molecule has 0 amide bonds. The molecule has 2 unspecified atom stereocenters. The van der Waals surface area contributed by atoms with Crippen molar-refractivity contribution in [3.8, 4) is 6.07 Å². The predicted octanol–water partition coefficient (Wildman–Crippen LogP) is 3.89. The zero-order valence-corrected chi connectivity index (χ0v) is 11.8. The summed E-state index contributed by atoms with van der Waals surface area (Å²) in [5, 5.41) is 12.4. The van der Waals surface area contributed by atoms with Crippen molar-refractivity contribution in [2.45, 2.75) is 25.0 Å². The van der Waals surface area contributed by atoms with Crippen LogP contribution in [0.25, 0.3) is 0 Å². The zero-order chi connectivity index (χ0) is 14.5. The molecule has 0 saturated carbocycles. The summed E-state index contributed by atoms with van der Waals surface area (Å²) in [5.41, 5.74) is 2.99. The molecule has 2 aromatic carbocycles. The molecular formula is C18H18N2O. The quantitative estimate of drug-likeness (QED) is 0.926. The van der Waals surface area contributed by atoms with Gasteiger partial charge in [0.25, 0.3) is 0 Å². The Kier molecular flexibility index (Phi) is 4.18. The van der Waals surface area contributed by atoms with Gasteiger partial charge in [-0.1, -0.05) is 30.3 Å². The Bertz CT molecular complexity index is 616. The normalized spacial score (nSPS) is 21.5. The maximum absolute atomic E-state index is 8.82. The molecule has 0 bridgehead atoms. The molecule has 21 heavy (non-hydrogen) atoms. The van der Waals surface area contributed by atoms with Gasteiger partial charge in [-0.05, 0) is 42.7 Å². The lowest BCUT2D eigenvalue weighted by Gasteiger charge is -2.31. The second-order valence-corrected chi connectivity index (χ2v) is 5.32. The third kappa shape index (κ3) is 3.42. The van der Waals surface area contributed by atoms with Crippen molar-refractivity contribution in [2.24, 2.45) is 0 Å². The van der Waals surface area contributed by atoms with Gasteiger partial charge in [0, 0.05) is 18.3 Å². The van der Waals surface area contributed by atoms with Gasteiger partial charge in [-0.2, -0.15) is 5.26 Å². The Morgan fingerprint density at radius 1 is 1.05 bits per heavy atom. The highest BCUT2D eigenvalue weighted by atomic mass is 16.5. The molecule has 106 valence electrons. The SMILES string of the molecule is N#Cc1ccc(NC2CCOC(c3ccccc3)C2)cc1. The zero-order valence-electron chi connectivity index (χ0n) is 11.8. The number of nitrogens with one attached hydrogen (secondary N) is 1. The van der Waals surface area contributed by atoms with Crippen LogP contribution in [0.1, 0.15) is 30.1 Å². The van der Waals surface area contributed by atoms with Crippen molar-refractivity contribution in [3.05, 3.63) is 65.7 Å². The fourth-order valence-corrected chi connectivity index (χ4v) is 2.70. The molecule has 0 spiro atoms. The Labute approximate surface area is 125 Å². The molecule has 1 fully saturated rings. The van der Waals surface area contributed by atoms with Gasteiger partial charge in [0.05, 0.1) is 17.7 Å². The van der Waals surface area contributed by atoms with Crippen LogP contribution in [0.3, 0.4) is 0 Å². The van der Waals surface area contributed by atoms with Gasteiger partial charge >= 0.3 is 0 Å². The number of ether oxygens (including phenoxy) is 1. The number of nitrogens with zero attached hydrogens (tertiary/aromatic N) is 1. The molecule has 0 radical (unpaired) electrons. The molecule has 3 heteroatoms. The summed E-state index contributed by atoms with van der Waals surface area (Å²) in [6.07, 6.45) is 2.13. The van der Waals surface area contributed by atoms with Crippen LogP contribution >= 0.6 is 0 Å². The van der Waals surface area contributed by atoms with E-state index in [-0.39, 0.29) is 6.10 Å². The molecule has 3 rings (SSSR count). The van der Waals surface area contributed by atoms with Crippen molar-refractivity contribution in [3.63, 3.8) is 0 Å². The first-order chi connectivity index (χ1) is 10.3. The number of anilines is 1. The monoisotopic (exact) mass is 278 g/mol. The minimum Gasteiger partial charge on any atom is -0.382 e. The largest absolute Gasteiger partial charge is 0.382 e. The van der Waals surface area contributed by atoms with Crippen LogP contribution in [0.4, 0.5) is 5.69 Å². The standard InChI is InChI=1S/C18H18N2O/c19-13-14-6-8-16(9-7-14)20-17-10-11-21-18(12-17)15-4-2-1-3-5-15/h1-9,17-18,20H,10-12H2. The van der Waals surface area contributed by atoms with Gasteiger partial charge in [0.15, 0.2) is 0 Å². The molecule has 2 aromatic rings. The number of hydrogen-bond donors (Lipinski definition) is 1. The molecule has 1 aliphatic rings. The second kappa shape index (κ2) is 6.43. The first-order valence-corrected chi connectivity index (χ1v) is 7.28. The summed E-state index contributed by atoms with van der Waals surface area (Å²) >= 11 is 0. The molecule has 1 heterocycles. The van der Waals surface area contributed by atoms with Crippen LogP contribution in [0, 0.1) is 11.3 Å². The average Bonchev–Trinajstić information content (AvgIpc) is 2.57. The van der Waals surface area contributed by atoms with E-state index in [4.69, 9.17) is 10.00 Å². The Morgan fingerprint density at radius 2 is 1.81 bits per heavy atom. The van der Waals surface area contributed by atoms with E-state index in [0.29, 0.717) is 11.6 Å². The minimum absolute atomic E-state index is 0.163. The van der Waals surface area contributed by atoms with E-state index < -0.39 is 0 Å². The number of hydrogen-bond acceptors (Lipinski definition) is 3. The van der Waals surface area contributed by atoms with Crippen LogP contribution in [-0.4, -0.2) is 12.6 Å². The van der Waals surface area contributed by atoms with Gasteiger partial charge in [0.1, 0.15) is 0 Å². The third-order valence-electron chi connectivity index (χ3n) is 3.84. The van der Waals surface area contributed by atoms with E-state index in [2.05, 4.69) is 35.7 Å². The molecule has 3 nitrogen and oxygen atoms in total. The van der Waals surface area contributed by atoms with E-state index in [1.807, 2.05) is 30.3 Å². The van der Waals surface area contributed by atoms with E-state index in [1.165, 1.54) is 5.56 Å². The number of nitriles is 1. The van der Waals surface area contributed by atoms with Crippen molar-refractivity contribution >= 4 is 5.69 Å². The van der Waals surface area contributed by atoms with E-state index >= 15 is 0 Å². The first-order valence-electron chi connectivity index (χ1n) is 7.28. The first kappa shape index (κ1) is 13.7. The van der Waals surface area contributed by atoms with E-state index in [9.17, 15) is 0 Å². The summed E-state index contributed by atoms with van der Waals surface area (Å²) < 4.78 is 5.89. The van der Waals surface area contributed by atoms with Crippen LogP contribution in [0.15, 0.2) is 54.6 Å². The third-order valence-corrected chi connectivity index (χ3v) is 3.84. The molecule has 2 atom stereocenters. The van der Waals surface area contributed by atoms with Crippen molar-refractivity contribution in [2.75, 3.05) is 11.9 Å². The molecular weight excluding hydrogens is 260 g/mol. The lowest BCUT2D eigenvalue weighted by atomic mass is 9.97. The maximum Gasteiger partial charge on any atom is 0.0991 e. The van der Waals surface area contributed by atoms with Gasteiger partial charge in [-0.25, -0.2) is 0 Å². The van der Waals surface area contributed by atoms with Crippen molar-refractivity contribution < 1.29 is 4.74 Å². The summed E-state index contributed by atoms with van der Waals surface area (Å²) in [5.74, 6) is 0. The molecule has 1 saturated heterocycles. The predicted molar refractivity (Wildman–Crippen MR) is 82.9 cm³/mol. The van der Waals surface area contributed by atoms with Gasteiger partial charge in [-0.3, -0.25) is 0 Å². The fourth-order valence-electron chi connectivity index (χ4n) is 2.70. The summed E-state index contributed by atoms with van der Waals surface area (Å²) in [4.78, 5) is 0. The minimum atomic E-state index is 0.163. The summed E-state index contributed by atoms with van der Waals surface area (Å²) in [6, 6.07) is 20.5. The molecule has 0 aliphatic carbocycles. The van der Waals surface area contributed by atoms with Crippen LogP contribution in [-0.2, 0) is 4.74 Å². The number of rotatable bonds is 3. The molecule has 1 N–H and O–H groups in total. The van der Waals surface area contributed by atoms with Crippen molar-refractivity contribution in [1.29, 1.82) is 5.26 Å². The van der Waals surface area contributed by atoms with Gasteiger partial charge in [0.2, 0.25) is 0 Å². The Balaban J connectivity index is 1.64. The highest BCUT2D eigenvalue weighted by Gasteiger charge is 2.23. The maximum atomic E-state index is 8.82. The highest BCUT2D eigenvalue weighted by molar-refractivity contribution is 5.48. The van der Waals surface area contributed by atoms with Crippen LogP contribution in [0.5, 0.6) is 0 Å². The summed E-state index contributed by atoms with van der Waals surface area (Å²) in [6.45, 7) is 0.771. The topological polar surface area (TPSA) is 45.0 Å². The number of benzene rings is 2. The van der Waals surface area contributed by atoms with Gasteiger partial charge < -0.3 is 10.1 Å². The van der Waals surface area contributed by atoms with Crippen LogP contribution < -0.4 is 5.32 Å². The summed E-state index contributed by atoms with van der Waals surface area (Å²) in [7, 11) is 0. The molecule has 0 aromatic heterocycles. The second-order valence-electron chi connectivity index (χ2n) is 5.32. The van der Waals surface area contributed by atoms with E-state index in [1.54, 1.807) is 0 Å². The van der Waals surface area contributed by atoms with Crippen LogP contribution in [0.2, 0.25) is 0 Å². The van der Waals surface area contributed by atoms with E-state index in [0.717, 1.165) is 25.1 Å². The Morgan fingerprint density at radius 3 is 2.52 bits per heavy atom. The average molecular weight is 278 g/mol. The Hall–Kier alpha value is -2.31. The van der Waals surface area contributed by atoms with Gasteiger partial charge in [-0.15, -0.1) is 0 Å². The lowest BCUT2D eigenvalue weighted by Crippen LogP contribution is -2.30. The van der Waals surface area contributed by atoms with Crippen molar-refractivity contribution in [1.82, 2.24) is 0 Å². The lowest BCUT2D eigenvalue weighted by molar-refractivity contribution is 0.00980. The highest BCUT2D eigenvalue weighted by Crippen LogP contribution is 2.29. The smallest absolute Gasteiger partial charge is 0.0991 e. The molecule has 1 aliphatic heterocycles.